The monoisotopic (exact) mass is 376 g/mol. The van der Waals surface area contributed by atoms with Gasteiger partial charge in [-0.15, -0.1) is 0 Å². The standard InChI is InChI=1S/C12H10F10S/c1-6-3-7(5-8(2,4-6)10(15,16)17)23-12(21,22)9(13,14)11(18,19)20/h3,5H,4H2,1-2H3. The highest BCUT2D eigenvalue weighted by atomic mass is 32.2. The maximum Gasteiger partial charge on any atom is 0.460 e. The van der Waals surface area contributed by atoms with Crippen LogP contribution in [-0.2, 0) is 0 Å². The second-order valence-corrected chi connectivity index (χ2v) is 6.51. The molecule has 1 rings (SSSR count). The minimum absolute atomic E-state index is 0.0686. The van der Waals surface area contributed by atoms with E-state index in [1.54, 1.807) is 0 Å². The highest BCUT2D eigenvalue weighted by molar-refractivity contribution is 8.04. The molecule has 0 nitrogen and oxygen atoms in total. The van der Waals surface area contributed by atoms with E-state index in [1.807, 2.05) is 0 Å². The summed E-state index contributed by atoms with van der Waals surface area (Å²) in [4.78, 5) is -0.998. The van der Waals surface area contributed by atoms with Crippen LogP contribution in [0, 0.1) is 5.41 Å². The van der Waals surface area contributed by atoms with Crippen molar-refractivity contribution >= 4 is 11.8 Å². The Hall–Kier alpha value is -0.870. The molecule has 11 heteroatoms. The van der Waals surface area contributed by atoms with E-state index in [2.05, 4.69) is 0 Å². The molecule has 0 radical (unpaired) electrons. The SMILES string of the molecule is CC1=CC(SC(F)(F)C(F)(F)C(F)(F)F)=CC(C)(C(F)(F)F)C1. The van der Waals surface area contributed by atoms with E-state index in [1.165, 1.54) is 0 Å². The minimum Gasteiger partial charge on any atom is -0.188 e. The van der Waals surface area contributed by atoms with Crippen LogP contribution in [0.1, 0.15) is 20.3 Å². The minimum atomic E-state index is -6.54. The first-order valence-corrected chi connectivity index (χ1v) is 6.73. The normalized spacial score (nSPS) is 24.3. The lowest BCUT2D eigenvalue weighted by Gasteiger charge is -2.34. The Bertz CT molecular complexity index is 525. The van der Waals surface area contributed by atoms with Gasteiger partial charge in [-0.2, -0.15) is 43.9 Å². The number of rotatable bonds is 3. The zero-order valence-corrected chi connectivity index (χ0v) is 12.4. The van der Waals surface area contributed by atoms with Crippen molar-refractivity contribution in [1.29, 1.82) is 0 Å². The predicted octanol–water partition coefficient (Wildman–Crippen LogP) is 6.31. The lowest BCUT2D eigenvalue weighted by molar-refractivity contribution is -0.330. The maximum absolute atomic E-state index is 13.3. The summed E-state index contributed by atoms with van der Waals surface area (Å²) in [6, 6.07) is 0. The molecule has 1 unspecified atom stereocenters. The molecule has 0 aromatic rings. The first kappa shape index (κ1) is 20.2. The molecule has 0 bridgehead atoms. The number of halogens is 10. The highest BCUT2D eigenvalue weighted by Gasteiger charge is 2.73. The van der Waals surface area contributed by atoms with Gasteiger partial charge in [0.05, 0.1) is 5.41 Å². The van der Waals surface area contributed by atoms with Gasteiger partial charge in [-0.3, -0.25) is 0 Å². The molecule has 0 heterocycles. The van der Waals surface area contributed by atoms with Crippen LogP contribution in [0.5, 0.6) is 0 Å². The van der Waals surface area contributed by atoms with Crippen LogP contribution in [0.25, 0.3) is 0 Å². The summed E-state index contributed by atoms with van der Waals surface area (Å²) < 4.78 is 127. The van der Waals surface area contributed by atoms with Crippen LogP contribution in [0.3, 0.4) is 0 Å². The Kier molecular flexibility index (Phi) is 4.91. The summed E-state index contributed by atoms with van der Waals surface area (Å²) in [5.74, 6) is -6.39. The molecule has 1 aliphatic carbocycles. The zero-order valence-electron chi connectivity index (χ0n) is 11.5. The topological polar surface area (TPSA) is 0 Å². The Balaban J connectivity index is 3.21. The van der Waals surface area contributed by atoms with Crippen molar-refractivity contribution in [3.8, 4) is 0 Å². The molecule has 1 atom stereocenters. The van der Waals surface area contributed by atoms with Crippen molar-refractivity contribution in [1.82, 2.24) is 0 Å². The molecule has 1 aliphatic rings. The quantitative estimate of drug-likeness (QED) is 0.520. The summed E-state index contributed by atoms with van der Waals surface area (Å²) in [6.45, 7) is 1.78. The van der Waals surface area contributed by atoms with E-state index in [4.69, 9.17) is 0 Å². The smallest absolute Gasteiger partial charge is 0.188 e. The fourth-order valence-corrected chi connectivity index (χ4v) is 3.02. The number of allylic oxidation sites excluding steroid dienone is 3. The number of hydrogen-bond donors (Lipinski definition) is 0. The van der Waals surface area contributed by atoms with Crippen LogP contribution in [0.2, 0.25) is 0 Å². The fourth-order valence-electron chi connectivity index (χ4n) is 1.90. The van der Waals surface area contributed by atoms with E-state index in [-0.39, 0.29) is 11.6 Å². The van der Waals surface area contributed by atoms with Gasteiger partial charge in [-0.25, -0.2) is 0 Å². The van der Waals surface area contributed by atoms with Crippen LogP contribution < -0.4 is 0 Å². The van der Waals surface area contributed by atoms with Crippen LogP contribution >= 0.6 is 11.8 Å². The first-order chi connectivity index (χ1) is 9.93. The molecule has 0 aromatic carbocycles. The second-order valence-electron chi connectivity index (χ2n) is 5.32. The largest absolute Gasteiger partial charge is 0.460 e. The molecular formula is C12H10F10S. The molecule has 23 heavy (non-hydrogen) atoms. The molecule has 134 valence electrons. The molecule has 0 saturated heterocycles. The number of hydrogen-bond acceptors (Lipinski definition) is 1. The Morgan fingerprint density at radius 3 is 1.83 bits per heavy atom. The summed E-state index contributed by atoms with van der Waals surface area (Å²) >= 11 is -1.24. The van der Waals surface area contributed by atoms with Gasteiger partial charge in [0, 0.05) is 4.91 Å². The molecule has 0 fully saturated rings. The van der Waals surface area contributed by atoms with Gasteiger partial charge in [-0.05, 0) is 38.1 Å². The third-order valence-electron chi connectivity index (χ3n) is 3.11. The van der Waals surface area contributed by atoms with Gasteiger partial charge >= 0.3 is 23.5 Å². The molecule has 0 aliphatic heterocycles. The van der Waals surface area contributed by atoms with Gasteiger partial charge in [0.25, 0.3) is 0 Å². The van der Waals surface area contributed by atoms with E-state index >= 15 is 0 Å². The summed E-state index contributed by atoms with van der Waals surface area (Å²) in [6.07, 6.45) is -11.0. The van der Waals surface area contributed by atoms with Gasteiger partial charge in [-0.1, -0.05) is 11.6 Å². The Morgan fingerprint density at radius 2 is 1.43 bits per heavy atom. The molecule has 0 saturated carbocycles. The van der Waals surface area contributed by atoms with Gasteiger partial charge in [0.1, 0.15) is 0 Å². The predicted molar refractivity (Wildman–Crippen MR) is 64.2 cm³/mol. The van der Waals surface area contributed by atoms with Crippen LogP contribution in [0.15, 0.2) is 22.6 Å². The molecule has 0 amide bonds. The summed E-state index contributed by atoms with van der Waals surface area (Å²) in [5, 5.41) is -5.66. The average Bonchev–Trinajstić information content (AvgIpc) is 2.22. The maximum atomic E-state index is 13.3. The number of alkyl halides is 10. The molecular weight excluding hydrogens is 366 g/mol. The Morgan fingerprint density at radius 1 is 0.957 bits per heavy atom. The Labute approximate surface area is 128 Å². The van der Waals surface area contributed by atoms with Gasteiger partial charge in [0.2, 0.25) is 0 Å². The molecule has 0 aromatic heterocycles. The van der Waals surface area contributed by atoms with Crippen molar-refractivity contribution in [2.45, 2.75) is 43.8 Å². The van der Waals surface area contributed by atoms with E-state index in [9.17, 15) is 43.9 Å². The van der Waals surface area contributed by atoms with Crippen molar-refractivity contribution in [3.63, 3.8) is 0 Å². The van der Waals surface area contributed by atoms with E-state index in [0.717, 1.165) is 13.0 Å². The number of thioether (sulfide) groups is 1. The third kappa shape index (κ3) is 3.80. The van der Waals surface area contributed by atoms with Crippen molar-refractivity contribution in [2.75, 3.05) is 0 Å². The lowest BCUT2D eigenvalue weighted by Crippen LogP contribution is -2.50. The van der Waals surface area contributed by atoms with Crippen LogP contribution in [-0.4, -0.2) is 23.5 Å². The van der Waals surface area contributed by atoms with Crippen molar-refractivity contribution in [3.05, 3.63) is 22.6 Å². The lowest BCUT2D eigenvalue weighted by atomic mass is 9.80. The van der Waals surface area contributed by atoms with Gasteiger partial charge < -0.3 is 0 Å². The highest BCUT2D eigenvalue weighted by Crippen LogP contribution is 2.56. The third-order valence-corrected chi connectivity index (χ3v) is 4.09. The van der Waals surface area contributed by atoms with Gasteiger partial charge in [0.15, 0.2) is 0 Å². The molecule has 0 N–H and O–H groups in total. The zero-order chi connectivity index (χ0) is 18.5. The van der Waals surface area contributed by atoms with E-state index < -0.39 is 52.0 Å². The van der Waals surface area contributed by atoms with E-state index in [0.29, 0.717) is 6.92 Å². The average molecular weight is 376 g/mol. The van der Waals surface area contributed by atoms with Crippen molar-refractivity contribution < 1.29 is 43.9 Å². The second kappa shape index (κ2) is 5.59. The van der Waals surface area contributed by atoms with Crippen LogP contribution in [0.4, 0.5) is 43.9 Å². The molecule has 0 spiro atoms. The first-order valence-electron chi connectivity index (χ1n) is 5.91. The fraction of sp³-hybridized carbons (Fsp3) is 0.667. The summed E-state index contributed by atoms with van der Waals surface area (Å²) in [7, 11) is 0. The summed E-state index contributed by atoms with van der Waals surface area (Å²) in [5.41, 5.74) is -2.70. The van der Waals surface area contributed by atoms with Crippen molar-refractivity contribution in [2.24, 2.45) is 5.41 Å².